The van der Waals surface area contributed by atoms with E-state index in [2.05, 4.69) is 0 Å². The second kappa shape index (κ2) is 4.09. The van der Waals surface area contributed by atoms with Crippen LogP contribution >= 0.6 is 0 Å². The molecular weight excluding hydrogens is 226 g/mol. The van der Waals surface area contributed by atoms with Crippen molar-refractivity contribution < 1.29 is 18.7 Å². The molecule has 0 saturated heterocycles. The summed E-state index contributed by atoms with van der Waals surface area (Å²) in [5, 5.41) is 8.79. The molecule has 1 aromatic carbocycles. The number of aliphatic carboxylic acids is 1. The zero-order valence-corrected chi connectivity index (χ0v) is 9.33. The highest BCUT2D eigenvalue weighted by molar-refractivity contribution is 5.68. The van der Waals surface area contributed by atoms with E-state index in [-0.39, 0.29) is 18.4 Å². The summed E-state index contributed by atoms with van der Waals surface area (Å²) in [6.07, 6.45) is 0.771. The first-order valence-corrected chi connectivity index (χ1v) is 5.63. The van der Waals surface area contributed by atoms with E-state index in [0.717, 1.165) is 0 Å². The Labute approximate surface area is 98.3 Å². The third-order valence-electron chi connectivity index (χ3n) is 3.60. The van der Waals surface area contributed by atoms with Crippen LogP contribution in [-0.4, -0.2) is 11.1 Å². The van der Waals surface area contributed by atoms with Crippen LogP contribution in [0.25, 0.3) is 0 Å². The van der Waals surface area contributed by atoms with Crippen molar-refractivity contribution in [2.45, 2.75) is 31.6 Å². The van der Waals surface area contributed by atoms with Crippen LogP contribution in [0.5, 0.6) is 0 Å². The number of alkyl halides is 2. The van der Waals surface area contributed by atoms with Crippen LogP contribution in [0.15, 0.2) is 30.3 Å². The van der Waals surface area contributed by atoms with E-state index in [0.29, 0.717) is 6.42 Å². The lowest BCUT2D eigenvalue weighted by Gasteiger charge is -2.46. The fourth-order valence-corrected chi connectivity index (χ4v) is 2.45. The van der Waals surface area contributed by atoms with Gasteiger partial charge in [0.1, 0.15) is 0 Å². The Morgan fingerprint density at radius 3 is 2.29 bits per heavy atom. The van der Waals surface area contributed by atoms with Gasteiger partial charge in [0.05, 0.1) is 6.42 Å². The molecule has 2 nitrogen and oxygen atoms in total. The van der Waals surface area contributed by atoms with Crippen molar-refractivity contribution in [2.24, 2.45) is 5.41 Å². The predicted octanol–water partition coefficient (Wildman–Crippen LogP) is 3.42. The Morgan fingerprint density at radius 2 is 1.88 bits per heavy atom. The molecule has 1 fully saturated rings. The number of carbonyl (C=O) groups is 1. The molecule has 0 bridgehead atoms. The molecule has 0 unspecified atom stereocenters. The molecule has 0 radical (unpaired) electrons. The van der Waals surface area contributed by atoms with E-state index in [1.165, 1.54) is 12.1 Å². The summed E-state index contributed by atoms with van der Waals surface area (Å²) in [7, 11) is 0. The van der Waals surface area contributed by atoms with Gasteiger partial charge in [-0.05, 0) is 12.8 Å². The van der Waals surface area contributed by atoms with E-state index in [4.69, 9.17) is 5.11 Å². The second-order valence-corrected chi connectivity index (χ2v) is 4.64. The summed E-state index contributed by atoms with van der Waals surface area (Å²) in [6.45, 7) is 0. The lowest BCUT2D eigenvalue weighted by Crippen LogP contribution is -2.46. The van der Waals surface area contributed by atoms with Crippen LogP contribution in [0.2, 0.25) is 0 Å². The molecule has 2 rings (SSSR count). The molecule has 1 aliphatic rings. The van der Waals surface area contributed by atoms with Gasteiger partial charge in [-0.2, -0.15) is 0 Å². The molecule has 1 aromatic rings. The molecule has 1 saturated carbocycles. The molecule has 0 heterocycles. The van der Waals surface area contributed by atoms with Gasteiger partial charge < -0.3 is 5.11 Å². The minimum Gasteiger partial charge on any atom is -0.481 e. The topological polar surface area (TPSA) is 37.3 Å². The Bertz CT molecular complexity index is 411. The predicted molar refractivity (Wildman–Crippen MR) is 58.9 cm³/mol. The van der Waals surface area contributed by atoms with Crippen LogP contribution in [0.4, 0.5) is 8.78 Å². The molecule has 1 N–H and O–H groups in total. The average Bonchev–Trinajstić information content (AvgIpc) is 2.24. The van der Waals surface area contributed by atoms with Crippen molar-refractivity contribution in [3.8, 4) is 0 Å². The maximum atomic E-state index is 14.4. The van der Waals surface area contributed by atoms with Gasteiger partial charge >= 0.3 is 5.97 Å². The number of benzene rings is 1. The van der Waals surface area contributed by atoms with Gasteiger partial charge in [0.2, 0.25) is 0 Å². The van der Waals surface area contributed by atoms with Crippen molar-refractivity contribution in [1.82, 2.24) is 0 Å². The number of halogens is 2. The zero-order valence-electron chi connectivity index (χ0n) is 9.33. The minimum absolute atomic E-state index is 0.0825. The molecular formula is C13H14F2O2. The molecule has 0 spiro atoms. The normalized spacial score (nSPS) is 18.5. The highest BCUT2D eigenvalue weighted by atomic mass is 19.3. The first-order valence-electron chi connectivity index (χ1n) is 5.63. The van der Waals surface area contributed by atoms with Crippen LogP contribution in [0, 0.1) is 5.41 Å². The van der Waals surface area contributed by atoms with Crippen LogP contribution in [0.1, 0.15) is 31.2 Å². The number of carboxylic acids is 1. The highest BCUT2D eigenvalue weighted by Gasteiger charge is 2.58. The van der Waals surface area contributed by atoms with Crippen molar-refractivity contribution in [3.05, 3.63) is 35.9 Å². The largest absolute Gasteiger partial charge is 0.481 e. The average molecular weight is 240 g/mol. The van der Waals surface area contributed by atoms with E-state index in [9.17, 15) is 13.6 Å². The second-order valence-electron chi connectivity index (χ2n) is 4.64. The van der Waals surface area contributed by atoms with Crippen molar-refractivity contribution in [3.63, 3.8) is 0 Å². The Kier molecular flexibility index (Phi) is 2.89. The van der Waals surface area contributed by atoms with Gasteiger partial charge in [-0.25, -0.2) is 8.78 Å². The molecule has 4 heteroatoms. The summed E-state index contributed by atoms with van der Waals surface area (Å²) >= 11 is 0. The first kappa shape index (κ1) is 12.0. The first-order chi connectivity index (χ1) is 7.98. The lowest BCUT2D eigenvalue weighted by atomic mass is 9.61. The van der Waals surface area contributed by atoms with Gasteiger partial charge in [-0.3, -0.25) is 4.79 Å². The molecule has 0 aromatic heterocycles. The number of carboxylic acid groups (broad SMARTS) is 1. The van der Waals surface area contributed by atoms with E-state index in [1.807, 2.05) is 0 Å². The molecule has 1 aliphatic carbocycles. The smallest absolute Gasteiger partial charge is 0.304 e. The van der Waals surface area contributed by atoms with E-state index < -0.39 is 23.7 Å². The van der Waals surface area contributed by atoms with Gasteiger partial charge in [0.15, 0.2) is 0 Å². The minimum atomic E-state index is -3.06. The highest BCUT2D eigenvalue weighted by Crippen LogP contribution is 2.59. The van der Waals surface area contributed by atoms with Gasteiger partial charge in [0, 0.05) is 11.0 Å². The Balaban J connectivity index is 2.33. The van der Waals surface area contributed by atoms with Crippen LogP contribution in [-0.2, 0) is 10.7 Å². The van der Waals surface area contributed by atoms with Crippen molar-refractivity contribution in [1.29, 1.82) is 0 Å². The SMILES string of the molecule is O=C(O)CC1(C(F)(F)c2ccccc2)CCC1. The fourth-order valence-electron chi connectivity index (χ4n) is 2.45. The standard InChI is InChI=1S/C13H14F2O2/c14-13(15,10-5-2-1-3-6-10)12(7-4-8-12)9-11(16)17/h1-3,5-6H,4,7-9H2,(H,16,17). The molecule has 0 atom stereocenters. The molecule has 0 amide bonds. The summed E-state index contributed by atoms with van der Waals surface area (Å²) in [4.78, 5) is 10.8. The Morgan fingerprint density at radius 1 is 1.29 bits per heavy atom. The van der Waals surface area contributed by atoms with Gasteiger partial charge in [0.25, 0.3) is 5.92 Å². The van der Waals surface area contributed by atoms with Crippen LogP contribution in [0.3, 0.4) is 0 Å². The lowest BCUT2D eigenvalue weighted by molar-refractivity contribution is -0.185. The maximum Gasteiger partial charge on any atom is 0.304 e. The maximum absolute atomic E-state index is 14.4. The third kappa shape index (κ3) is 1.92. The summed E-state index contributed by atoms with van der Waals surface area (Å²) in [5.74, 6) is -4.22. The van der Waals surface area contributed by atoms with Crippen LogP contribution < -0.4 is 0 Å². The third-order valence-corrected chi connectivity index (χ3v) is 3.60. The summed E-state index contributed by atoms with van der Waals surface area (Å²) in [6, 6.07) is 7.50. The number of hydrogen-bond acceptors (Lipinski definition) is 1. The van der Waals surface area contributed by atoms with E-state index >= 15 is 0 Å². The fraction of sp³-hybridized carbons (Fsp3) is 0.462. The summed E-state index contributed by atoms with van der Waals surface area (Å²) in [5.41, 5.74) is -1.47. The quantitative estimate of drug-likeness (QED) is 0.875. The van der Waals surface area contributed by atoms with Crippen molar-refractivity contribution in [2.75, 3.05) is 0 Å². The van der Waals surface area contributed by atoms with Crippen molar-refractivity contribution >= 4 is 5.97 Å². The number of hydrogen-bond donors (Lipinski definition) is 1. The number of rotatable bonds is 4. The zero-order chi connectivity index (χ0) is 12.5. The van der Waals surface area contributed by atoms with Gasteiger partial charge in [-0.15, -0.1) is 0 Å². The molecule has 0 aliphatic heterocycles. The summed E-state index contributed by atoms with van der Waals surface area (Å²) < 4.78 is 28.7. The molecule has 17 heavy (non-hydrogen) atoms. The monoisotopic (exact) mass is 240 g/mol. The van der Waals surface area contributed by atoms with E-state index in [1.54, 1.807) is 18.2 Å². The molecule has 92 valence electrons. The van der Waals surface area contributed by atoms with Gasteiger partial charge in [-0.1, -0.05) is 36.8 Å². The Hall–Kier alpha value is -1.45.